The Morgan fingerprint density at radius 2 is 1.76 bits per heavy atom. The SMILES string of the molecule is Cc1ccccc1C(=O)Nc1nc(Nc2cccc(CNC(C)C)c2)nn1-c1ccc(OC(F)(F)F)cc1. The molecule has 0 bridgehead atoms. The van der Waals surface area contributed by atoms with Crippen LogP contribution in [-0.2, 0) is 6.54 Å². The molecule has 3 aromatic carbocycles. The van der Waals surface area contributed by atoms with Crippen LogP contribution in [0, 0.1) is 6.92 Å². The first-order valence-corrected chi connectivity index (χ1v) is 11.9. The Morgan fingerprint density at radius 1 is 1.03 bits per heavy atom. The molecule has 0 radical (unpaired) electrons. The summed E-state index contributed by atoms with van der Waals surface area (Å²) in [5.41, 5.74) is 3.38. The minimum absolute atomic E-state index is 0.0860. The predicted octanol–water partition coefficient (Wildman–Crippen LogP) is 5.97. The Labute approximate surface area is 217 Å². The normalized spacial score (nSPS) is 11.4. The van der Waals surface area contributed by atoms with E-state index in [0.29, 0.717) is 23.8 Å². The number of benzene rings is 3. The van der Waals surface area contributed by atoms with Gasteiger partial charge >= 0.3 is 6.36 Å². The van der Waals surface area contributed by atoms with Gasteiger partial charge < -0.3 is 15.4 Å². The number of amides is 1. The first-order chi connectivity index (χ1) is 18.1. The van der Waals surface area contributed by atoms with Gasteiger partial charge in [-0.15, -0.1) is 18.3 Å². The first kappa shape index (κ1) is 26.7. The van der Waals surface area contributed by atoms with Gasteiger partial charge in [0.25, 0.3) is 5.91 Å². The summed E-state index contributed by atoms with van der Waals surface area (Å²) < 4.78 is 43.0. The van der Waals surface area contributed by atoms with E-state index >= 15 is 0 Å². The quantitative estimate of drug-likeness (QED) is 0.250. The molecule has 3 N–H and O–H groups in total. The lowest BCUT2D eigenvalue weighted by Crippen LogP contribution is -2.21. The van der Waals surface area contributed by atoms with Crippen LogP contribution in [0.2, 0.25) is 0 Å². The average Bonchev–Trinajstić information content (AvgIpc) is 3.24. The Balaban J connectivity index is 1.64. The van der Waals surface area contributed by atoms with Gasteiger partial charge in [0.2, 0.25) is 11.9 Å². The summed E-state index contributed by atoms with van der Waals surface area (Å²) in [5, 5.41) is 13.7. The summed E-state index contributed by atoms with van der Waals surface area (Å²) >= 11 is 0. The molecule has 11 heteroatoms. The third-order valence-electron chi connectivity index (χ3n) is 5.43. The van der Waals surface area contributed by atoms with Crippen LogP contribution in [0.15, 0.2) is 72.8 Å². The molecular formula is C27H27F3N6O2. The monoisotopic (exact) mass is 524 g/mol. The van der Waals surface area contributed by atoms with Gasteiger partial charge in [-0.2, -0.15) is 9.67 Å². The Hall–Kier alpha value is -4.38. The maximum Gasteiger partial charge on any atom is 0.573 e. The number of aromatic nitrogens is 3. The number of hydrogen-bond donors (Lipinski definition) is 3. The molecule has 0 aliphatic carbocycles. The lowest BCUT2D eigenvalue weighted by atomic mass is 10.1. The molecule has 198 valence electrons. The van der Waals surface area contributed by atoms with Crippen molar-refractivity contribution in [2.24, 2.45) is 0 Å². The van der Waals surface area contributed by atoms with E-state index in [-0.39, 0.29) is 17.6 Å². The molecule has 0 spiro atoms. The zero-order valence-corrected chi connectivity index (χ0v) is 21.0. The number of nitrogens with one attached hydrogen (secondary N) is 3. The van der Waals surface area contributed by atoms with Gasteiger partial charge in [-0.05, 0) is 60.5 Å². The second-order valence-corrected chi connectivity index (χ2v) is 8.84. The van der Waals surface area contributed by atoms with E-state index in [1.54, 1.807) is 12.1 Å². The maximum absolute atomic E-state index is 13.0. The number of carbonyl (C=O) groups excluding carboxylic acids is 1. The average molecular weight is 525 g/mol. The molecule has 0 saturated heterocycles. The second-order valence-electron chi connectivity index (χ2n) is 8.84. The van der Waals surface area contributed by atoms with E-state index in [1.165, 1.54) is 16.8 Å². The highest BCUT2D eigenvalue weighted by Gasteiger charge is 2.31. The number of carbonyl (C=O) groups is 1. The fourth-order valence-corrected chi connectivity index (χ4v) is 3.62. The zero-order valence-electron chi connectivity index (χ0n) is 21.0. The molecule has 1 aromatic heterocycles. The minimum Gasteiger partial charge on any atom is -0.406 e. The molecule has 0 aliphatic heterocycles. The maximum atomic E-state index is 13.0. The number of hydrogen-bond acceptors (Lipinski definition) is 6. The fraction of sp³-hybridized carbons (Fsp3) is 0.222. The van der Waals surface area contributed by atoms with Crippen molar-refractivity contribution in [1.82, 2.24) is 20.1 Å². The number of ether oxygens (including phenoxy) is 1. The van der Waals surface area contributed by atoms with Crippen molar-refractivity contribution in [3.8, 4) is 11.4 Å². The molecule has 0 unspecified atom stereocenters. The van der Waals surface area contributed by atoms with Crippen LogP contribution >= 0.6 is 0 Å². The third-order valence-corrected chi connectivity index (χ3v) is 5.43. The summed E-state index contributed by atoms with van der Waals surface area (Å²) in [7, 11) is 0. The van der Waals surface area contributed by atoms with Crippen LogP contribution < -0.4 is 20.7 Å². The van der Waals surface area contributed by atoms with Crippen LogP contribution in [0.3, 0.4) is 0 Å². The van der Waals surface area contributed by atoms with Crippen molar-refractivity contribution in [3.05, 3.63) is 89.5 Å². The summed E-state index contributed by atoms with van der Waals surface area (Å²) in [5.74, 6) is -0.503. The summed E-state index contributed by atoms with van der Waals surface area (Å²) in [6.07, 6.45) is -4.81. The molecule has 4 rings (SSSR count). The highest BCUT2D eigenvalue weighted by atomic mass is 19.4. The standard InChI is InChI=1S/C27H27F3N6O2/c1-17(2)31-16-19-8-6-9-20(15-19)32-25-34-26(33-24(37)23-10-5-4-7-18(23)3)36(35-25)21-11-13-22(14-12-21)38-27(28,29)30/h4-15,17,31H,16H2,1-3H3,(H2,32,33,34,35,37). The minimum atomic E-state index is -4.81. The van der Waals surface area contributed by atoms with Crippen molar-refractivity contribution < 1.29 is 22.7 Å². The van der Waals surface area contributed by atoms with E-state index in [1.807, 2.05) is 43.3 Å². The number of aryl methyl sites for hydroxylation is 1. The predicted molar refractivity (Wildman–Crippen MR) is 139 cm³/mol. The Bertz CT molecular complexity index is 1400. The van der Waals surface area contributed by atoms with Gasteiger partial charge in [-0.1, -0.05) is 44.2 Å². The fourth-order valence-electron chi connectivity index (χ4n) is 3.62. The number of rotatable bonds is 9. The Kier molecular flexibility index (Phi) is 7.96. The van der Waals surface area contributed by atoms with Gasteiger partial charge in [0, 0.05) is 23.8 Å². The number of nitrogens with zero attached hydrogens (tertiary/aromatic N) is 3. The largest absolute Gasteiger partial charge is 0.573 e. The lowest BCUT2D eigenvalue weighted by Gasteiger charge is -2.11. The van der Waals surface area contributed by atoms with E-state index in [0.717, 1.165) is 28.9 Å². The molecule has 0 fully saturated rings. The van der Waals surface area contributed by atoms with Crippen LogP contribution in [0.1, 0.15) is 35.3 Å². The van der Waals surface area contributed by atoms with E-state index in [9.17, 15) is 18.0 Å². The summed E-state index contributed by atoms with van der Waals surface area (Å²) in [6.45, 7) is 6.62. The lowest BCUT2D eigenvalue weighted by molar-refractivity contribution is -0.274. The van der Waals surface area contributed by atoms with Gasteiger partial charge in [0.05, 0.1) is 5.69 Å². The molecule has 1 heterocycles. The third kappa shape index (κ3) is 7.10. The smallest absolute Gasteiger partial charge is 0.406 e. The molecule has 38 heavy (non-hydrogen) atoms. The molecule has 4 aromatic rings. The van der Waals surface area contributed by atoms with Crippen LogP contribution in [0.25, 0.3) is 5.69 Å². The van der Waals surface area contributed by atoms with Crippen LogP contribution in [0.4, 0.5) is 30.8 Å². The number of anilines is 3. The molecule has 0 saturated carbocycles. The topological polar surface area (TPSA) is 93.1 Å². The molecule has 1 amide bonds. The zero-order chi connectivity index (χ0) is 27.3. The van der Waals surface area contributed by atoms with Crippen molar-refractivity contribution >= 4 is 23.5 Å². The van der Waals surface area contributed by atoms with Crippen LogP contribution in [0.5, 0.6) is 5.75 Å². The van der Waals surface area contributed by atoms with Gasteiger partial charge in [-0.3, -0.25) is 10.1 Å². The first-order valence-electron chi connectivity index (χ1n) is 11.9. The molecule has 8 nitrogen and oxygen atoms in total. The highest BCUT2D eigenvalue weighted by molar-refractivity contribution is 6.04. The van der Waals surface area contributed by atoms with Gasteiger partial charge in [-0.25, -0.2) is 0 Å². The van der Waals surface area contributed by atoms with E-state index < -0.39 is 12.3 Å². The molecular weight excluding hydrogens is 497 g/mol. The van der Waals surface area contributed by atoms with Crippen molar-refractivity contribution in [2.75, 3.05) is 10.6 Å². The second kappa shape index (κ2) is 11.3. The van der Waals surface area contributed by atoms with E-state index in [2.05, 4.69) is 44.6 Å². The van der Waals surface area contributed by atoms with Crippen molar-refractivity contribution in [1.29, 1.82) is 0 Å². The van der Waals surface area contributed by atoms with Gasteiger partial charge in [0.15, 0.2) is 0 Å². The Morgan fingerprint density at radius 3 is 2.45 bits per heavy atom. The molecule has 0 atom stereocenters. The van der Waals surface area contributed by atoms with E-state index in [4.69, 9.17) is 0 Å². The summed E-state index contributed by atoms with van der Waals surface area (Å²) in [6, 6.07) is 20.2. The highest BCUT2D eigenvalue weighted by Crippen LogP contribution is 2.26. The van der Waals surface area contributed by atoms with Crippen molar-refractivity contribution in [3.63, 3.8) is 0 Å². The molecule has 0 aliphatic rings. The number of halogens is 3. The van der Waals surface area contributed by atoms with Crippen molar-refractivity contribution in [2.45, 2.75) is 39.7 Å². The summed E-state index contributed by atoms with van der Waals surface area (Å²) in [4.78, 5) is 17.4. The van der Waals surface area contributed by atoms with Crippen LogP contribution in [-0.4, -0.2) is 33.1 Å². The van der Waals surface area contributed by atoms with Gasteiger partial charge in [0.1, 0.15) is 5.75 Å². The number of alkyl halides is 3.